The van der Waals surface area contributed by atoms with Crippen molar-refractivity contribution in [3.8, 4) is 0 Å². The monoisotopic (exact) mass is 324 g/mol. The quantitative estimate of drug-likeness (QED) is 0.922. The summed E-state index contributed by atoms with van der Waals surface area (Å²) in [7, 11) is 0. The molecule has 2 saturated heterocycles. The number of nitrogens with zero attached hydrogens (tertiary/aromatic N) is 2. The number of piperazine rings is 1. The molecule has 1 aromatic carbocycles. The van der Waals surface area contributed by atoms with E-state index in [2.05, 4.69) is 0 Å². The lowest BCUT2D eigenvalue weighted by Crippen LogP contribution is -2.64. The Kier molecular flexibility index (Phi) is 4.30. The van der Waals surface area contributed by atoms with Crippen LogP contribution in [0.2, 0.25) is 0 Å². The Morgan fingerprint density at radius 1 is 1.22 bits per heavy atom. The normalized spacial score (nSPS) is 27.4. The highest BCUT2D eigenvalue weighted by Crippen LogP contribution is 2.36. The Morgan fingerprint density at radius 2 is 1.91 bits per heavy atom. The summed E-state index contributed by atoms with van der Waals surface area (Å²) in [5, 5.41) is 9.29. The number of amides is 1. The molecule has 2 heterocycles. The largest absolute Gasteiger partial charge is 0.465 e. The van der Waals surface area contributed by atoms with E-state index < -0.39 is 30.4 Å². The number of rotatable bonds is 4. The number of carbonyl (C=O) groups excluding carboxylic acids is 1. The van der Waals surface area contributed by atoms with Crippen LogP contribution in [0.25, 0.3) is 0 Å². The van der Waals surface area contributed by atoms with Crippen LogP contribution in [0.4, 0.5) is 13.6 Å². The molecule has 0 aliphatic carbocycles. The summed E-state index contributed by atoms with van der Waals surface area (Å²) in [6.45, 7) is 0.637. The maximum absolute atomic E-state index is 12.9. The molecule has 0 aromatic heterocycles. The number of carbonyl (C=O) groups is 2. The van der Waals surface area contributed by atoms with Gasteiger partial charge in [-0.2, -0.15) is 0 Å². The molecule has 1 amide bonds. The van der Waals surface area contributed by atoms with Crippen molar-refractivity contribution in [1.29, 1.82) is 0 Å². The minimum Gasteiger partial charge on any atom is -0.465 e. The van der Waals surface area contributed by atoms with Crippen LogP contribution in [0, 0.1) is 0 Å². The molecule has 2 bridgehead atoms. The number of halogens is 2. The van der Waals surface area contributed by atoms with E-state index >= 15 is 0 Å². The number of alkyl halides is 2. The first-order chi connectivity index (χ1) is 11.0. The highest BCUT2D eigenvalue weighted by molar-refractivity contribution is 5.90. The summed E-state index contributed by atoms with van der Waals surface area (Å²) in [5.74, 6) is -1.30. The fourth-order valence-electron chi connectivity index (χ4n) is 3.76. The minimum absolute atomic E-state index is 0.0296. The SMILES string of the molecule is O=C(C(F)F)C1[C@H]2CC[C@@H](CN1C(=O)O)N2Cc1ccccc1. The Balaban J connectivity index is 1.87. The smallest absolute Gasteiger partial charge is 0.408 e. The average Bonchev–Trinajstić information content (AvgIpc) is 2.79. The van der Waals surface area contributed by atoms with Crippen molar-refractivity contribution in [2.75, 3.05) is 6.54 Å². The number of benzene rings is 1. The molecule has 0 spiro atoms. The number of ketones is 1. The van der Waals surface area contributed by atoms with Gasteiger partial charge in [-0.25, -0.2) is 13.6 Å². The third-order valence-corrected chi connectivity index (χ3v) is 4.76. The number of hydrogen-bond donors (Lipinski definition) is 1. The number of carboxylic acid groups (broad SMARTS) is 1. The molecule has 0 radical (unpaired) electrons. The van der Waals surface area contributed by atoms with E-state index in [-0.39, 0.29) is 12.6 Å². The topological polar surface area (TPSA) is 60.9 Å². The van der Waals surface area contributed by atoms with Gasteiger partial charge in [0.05, 0.1) is 0 Å². The van der Waals surface area contributed by atoms with E-state index in [0.717, 1.165) is 10.5 Å². The fraction of sp³-hybridized carbons (Fsp3) is 0.500. The first-order valence-corrected chi connectivity index (χ1v) is 7.60. The van der Waals surface area contributed by atoms with Gasteiger partial charge < -0.3 is 5.11 Å². The van der Waals surface area contributed by atoms with E-state index in [1.54, 1.807) is 0 Å². The molecule has 1 aromatic rings. The van der Waals surface area contributed by atoms with E-state index in [1.165, 1.54) is 0 Å². The van der Waals surface area contributed by atoms with Gasteiger partial charge in [0.15, 0.2) is 0 Å². The zero-order chi connectivity index (χ0) is 16.6. The van der Waals surface area contributed by atoms with Crippen LogP contribution in [-0.2, 0) is 11.3 Å². The molecule has 5 nitrogen and oxygen atoms in total. The van der Waals surface area contributed by atoms with Crippen LogP contribution in [0.1, 0.15) is 18.4 Å². The molecule has 2 aliphatic rings. The molecule has 1 N–H and O–H groups in total. The summed E-state index contributed by atoms with van der Waals surface area (Å²) in [6.07, 6.45) is -3.18. The molecule has 2 aliphatic heterocycles. The Labute approximate surface area is 132 Å². The second kappa shape index (κ2) is 6.23. The van der Waals surface area contributed by atoms with E-state index in [9.17, 15) is 23.5 Å². The lowest BCUT2D eigenvalue weighted by Gasteiger charge is -2.44. The predicted octanol–water partition coefficient (Wildman–Crippen LogP) is 2.22. The lowest BCUT2D eigenvalue weighted by molar-refractivity contribution is -0.139. The van der Waals surface area contributed by atoms with Crippen molar-refractivity contribution >= 4 is 11.9 Å². The van der Waals surface area contributed by atoms with Gasteiger partial charge in [-0.05, 0) is 18.4 Å². The van der Waals surface area contributed by atoms with Crippen molar-refractivity contribution in [2.24, 2.45) is 0 Å². The van der Waals surface area contributed by atoms with Crippen LogP contribution in [0.3, 0.4) is 0 Å². The summed E-state index contributed by atoms with van der Waals surface area (Å²) in [5.41, 5.74) is 1.02. The van der Waals surface area contributed by atoms with E-state index in [0.29, 0.717) is 19.4 Å². The highest BCUT2D eigenvalue weighted by atomic mass is 19.3. The summed E-state index contributed by atoms with van der Waals surface area (Å²) >= 11 is 0. The van der Waals surface area contributed by atoms with Crippen molar-refractivity contribution in [3.63, 3.8) is 0 Å². The van der Waals surface area contributed by atoms with Gasteiger partial charge in [-0.15, -0.1) is 0 Å². The van der Waals surface area contributed by atoms with E-state index in [4.69, 9.17) is 0 Å². The Bertz CT molecular complexity index is 596. The molecule has 124 valence electrons. The number of Topliss-reactive ketones (excluding diaryl/α,β-unsaturated/α-hetero) is 1. The summed E-state index contributed by atoms with van der Waals surface area (Å²) in [4.78, 5) is 26.2. The van der Waals surface area contributed by atoms with Gasteiger partial charge in [-0.3, -0.25) is 14.6 Å². The summed E-state index contributed by atoms with van der Waals surface area (Å²) in [6, 6.07) is 7.77. The maximum atomic E-state index is 12.9. The maximum Gasteiger partial charge on any atom is 0.408 e. The third kappa shape index (κ3) is 2.93. The molecule has 3 rings (SSSR count). The van der Waals surface area contributed by atoms with Gasteiger partial charge in [0, 0.05) is 25.2 Å². The molecule has 1 unspecified atom stereocenters. The number of likely N-dealkylation sites (tertiary alicyclic amines) is 1. The van der Waals surface area contributed by atoms with Crippen molar-refractivity contribution in [3.05, 3.63) is 35.9 Å². The number of hydrogen-bond acceptors (Lipinski definition) is 3. The van der Waals surface area contributed by atoms with E-state index in [1.807, 2.05) is 35.2 Å². The molecular formula is C16H18F2N2O3. The number of fused-ring (bicyclic) bond motifs is 2. The van der Waals surface area contributed by atoms with Crippen molar-refractivity contribution in [1.82, 2.24) is 9.80 Å². The van der Waals surface area contributed by atoms with Crippen molar-refractivity contribution in [2.45, 2.75) is 43.9 Å². The van der Waals surface area contributed by atoms with Crippen LogP contribution in [0.5, 0.6) is 0 Å². The second-order valence-electron chi connectivity index (χ2n) is 6.04. The predicted molar refractivity (Wildman–Crippen MR) is 78.3 cm³/mol. The van der Waals surface area contributed by atoms with Crippen LogP contribution >= 0.6 is 0 Å². The average molecular weight is 324 g/mol. The van der Waals surface area contributed by atoms with Crippen LogP contribution < -0.4 is 0 Å². The zero-order valence-corrected chi connectivity index (χ0v) is 12.4. The van der Waals surface area contributed by atoms with Gasteiger partial charge in [-0.1, -0.05) is 30.3 Å². The molecular weight excluding hydrogens is 306 g/mol. The Hall–Kier alpha value is -2.02. The minimum atomic E-state index is -3.16. The molecule has 0 saturated carbocycles. The molecule has 7 heteroatoms. The van der Waals surface area contributed by atoms with Gasteiger partial charge in [0.25, 0.3) is 6.43 Å². The fourth-order valence-corrected chi connectivity index (χ4v) is 3.76. The third-order valence-electron chi connectivity index (χ3n) is 4.76. The van der Waals surface area contributed by atoms with Crippen molar-refractivity contribution < 1.29 is 23.5 Å². The molecule has 2 fully saturated rings. The van der Waals surface area contributed by atoms with Gasteiger partial charge in [0.1, 0.15) is 6.04 Å². The second-order valence-corrected chi connectivity index (χ2v) is 6.04. The van der Waals surface area contributed by atoms with Gasteiger partial charge >= 0.3 is 6.09 Å². The van der Waals surface area contributed by atoms with Crippen LogP contribution in [-0.4, -0.2) is 57.9 Å². The Morgan fingerprint density at radius 3 is 2.52 bits per heavy atom. The highest BCUT2D eigenvalue weighted by Gasteiger charge is 2.52. The first kappa shape index (κ1) is 15.9. The van der Waals surface area contributed by atoms with Gasteiger partial charge in [0.2, 0.25) is 5.78 Å². The summed E-state index contributed by atoms with van der Waals surface area (Å²) < 4.78 is 25.9. The van der Waals surface area contributed by atoms with Crippen LogP contribution in [0.15, 0.2) is 30.3 Å². The first-order valence-electron chi connectivity index (χ1n) is 7.60. The standard InChI is InChI=1S/C16H18F2N2O3/c17-15(18)14(21)13-12-7-6-11(9-20(13)16(22)23)19(12)8-10-4-2-1-3-5-10/h1-5,11-13,15H,6-9H2,(H,22,23)/t11-,12+,13?/m0/s1. The zero-order valence-electron chi connectivity index (χ0n) is 12.4. The molecule has 23 heavy (non-hydrogen) atoms. The lowest BCUT2D eigenvalue weighted by atomic mass is 9.98. The molecule has 3 atom stereocenters.